The minimum absolute atomic E-state index is 0.128. The Morgan fingerprint density at radius 1 is 1.29 bits per heavy atom. The van der Waals surface area contributed by atoms with Crippen LogP contribution in [0, 0.1) is 6.92 Å². The van der Waals surface area contributed by atoms with E-state index in [1.807, 2.05) is 37.3 Å². The third kappa shape index (κ3) is 3.23. The van der Waals surface area contributed by atoms with Crippen molar-refractivity contribution in [3.05, 3.63) is 52.4 Å². The van der Waals surface area contributed by atoms with E-state index < -0.39 is 0 Å². The Kier molecular flexibility index (Phi) is 4.07. The minimum Gasteiger partial charge on any atom is -0.468 e. The first-order valence-electron chi connectivity index (χ1n) is 5.12. The van der Waals surface area contributed by atoms with Gasteiger partial charge in [0.25, 0.3) is 0 Å². The molecule has 1 aromatic carbocycles. The first kappa shape index (κ1) is 12.5. The van der Waals surface area contributed by atoms with Gasteiger partial charge in [-0.2, -0.15) is 0 Å². The average Bonchev–Trinajstić information content (AvgIpc) is 2.73. The van der Waals surface area contributed by atoms with E-state index in [2.05, 4.69) is 15.9 Å². The zero-order valence-corrected chi connectivity index (χ0v) is 11.7. The van der Waals surface area contributed by atoms with Crippen LogP contribution in [0.2, 0.25) is 0 Å². The van der Waals surface area contributed by atoms with Crippen molar-refractivity contribution in [2.24, 2.45) is 0 Å². The van der Waals surface area contributed by atoms with Crippen molar-refractivity contribution >= 4 is 33.5 Å². The van der Waals surface area contributed by atoms with Gasteiger partial charge in [-0.1, -0.05) is 28.1 Å². The largest absolute Gasteiger partial charge is 0.468 e. The van der Waals surface area contributed by atoms with Gasteiger partial charge in [-0.05, 0) is 25.1 Å². The van der Waals surface area contributed by atoms with E-state index in [1.54, 1.807) is 6.26 Å². The summed E-state index contributed by atoms with van der Waals surface area (Å²) in [5, 5.41) is 0. The lowest BCUT2D eigenvalue weighted by atomic mass is 10.2. The summed E-state index contributed by atoms with van der Waals surface area (Å²) < 4.78 is 6.16. The van der Waals surface area contributed by atoms with Crippen LogP contribution in [0.1, 0.15) is 16.1 Å². The van der Waals surface area contributed by atoms with Gasteiger partial charge in [0.1, 0.15) is 5.76 Å². The SMILES string of the molecule is Cc1occc1SCC(=O)c1ccc(Br)cc1. The first-order valence-corrected chi connectivity index (χ1v) is 6.90. The number of Topliss-reactive ketones (excluding diaryl/α,β-unsaturated/α-hetero) is 1. The lowest BCUT2D eigenvalue weighted by molar-refractivity contribution is 0.102. The maximum Gasteiger partial charge on any atom is 0.173 e. The molecular weight excluding hydrogens is 300 g/mol. The highest BCUT2D eigenvalue weighted by molar-refractivity contribution is 9.10. The van der Waals surface area contributed by atoms with Gasteiger partial charge in [0.2, 0.25) is 0 Å². The topological polar surface area (TPSA) is 30.2 Å². The summed E-state index contributed by atoms with van der Waals surface area (Å²) in [4.78, 5) is 12.9. The van der Waals surface area contributed by atoms with E-state index in [-0.39, 0.29) is 5.78 Å². The van der Waals surface area contributed by atoms with E-state index in [1.165, 1.54) is 11.8 Å². The second kappa shape index (κ2) is 5.56. The normalized spacial score (nSPS) is 10.5. The molecule has 0 N–H and O–H groups in total. The molecule has 0 spiro atoms. The molecule has 0 fully saturated rings. The molecular formula is C13H11BrO2S. The van der Waals surface area contributed by atoms with Crippen molar-refractivity contribution in [3.63, 3.8) is 0 Å². The molecule has 0 aliphatic rings. The molecule has 0 aliphatic heterocycles. The Hall–Kier alpha value is -1.00. The van der Waals surface area contributed by atoms with Crippen LogP contribution in [0.3, 0.4) is 0 Å². The van der Waals surface area contributed by atoms with Crippen LogP contribution in [0.15, 0.2) is 50.4 Å². The third-order valence-electron chi connectivity index (χ3n) is 2.34. The summed E-state index contributed by atoms with van der Waals surface area (Å²) in [6.07, 6.45) is 1.64. The van der Waals surface area contributed by atoms with E-state index in [9.17, 15) is 4.79 Å². The second-order valence-corrected chi connectivity index (χ2v) is 5.49. The van der Waals surface area contributed by atoms with Gasteiger partial charge in [-0.3, -0.25) is 4.79 Å². The van der Waals surface area contributed by atoms with Crippen LogP contribution in [0.4, 0.5) is 0 Å². The third-order valence-corrected chi connectivity index (χ3v) is 4.01. The molecule has 0 radical (unpaired) electrons. The summed E-state index contributed by atoms with van der Waals surface area (Å²) in [5.41, 5.74) is 0.738. The van der Waals surface area contributed by atoms with E-state index in [4.69, 9.17) is 4.42 Å². The fourth-order valence-electron chi connectivity index (χ4n) is 1.39. The number of aryl methyl sites for hydroxylation is 1. The quantitative estimate of drug-likeness (QED) is 0.622. The summed E-state index contributed by atoms with van der Waals surface area (Å²) in [7, 11) is 0. The number of hydrogen-bond acceptors (Lipinski definition) is 3. The van der Waals surface area contributed by atoms with Gasteiger partial charge in [-0.25, -0.2) is 0 Å². The van der Waals surface area contributed by atoms with Crippen molar-refractivity contribution in [1.82, 2.24) is 0 Å². The average molecular weight is 311 g/mol. The van der Waals surface area contributed by atoms with Gasteiger partial charge in [0.15, 0.2) is 5.78 Å². The van der Waals surface area contributed by atoms with Crippen molar-refractivity contribution in [3.8, 4) is 0 Å². The van der Waals surface area contributed by atoms with Gasteiger partial charge >= 0.3 is 0 Å². The highest BCUT2D eigenvalue weighted by Gasteiger charge is 2.08. The number of carbonyl (C=O) groups is 1. The first-order chi connectivity index (χ1) is 8.16. The number of rotatable bonds is 4. The lowest BCUT2D eigenvalue weighted by Gasteiger charge is -2.00. The highest BCUT2D eigenvalue weighted by Crippen LogP contribution is 2.24. The summed E-state index contributed by atoms with van der Waals surface area (Å²) >= 11 is 4.85. The molecule has 17 heavy (non-hydrogen) atoms. The van der Waals surface area contributed by atoms with Gasteiger partial charge < -0.3 is 4.42 Å². The molecule has 0 unspecified atom stereocenters. The van der Waals surface area contributed by atoms with Crippen molar-refractivity contribution in [2.75, 3.05) is 5.75 Å². The fraction of sp³-hybridized carbons (Fsp3) is 0.154. The number of furan rings is 1. The van der Waals surface area contributed by atoms with Crippen molar-refractivity contribution in [2.45, 2.75) is 11.8 Å². The summed E-state index contributed by atoms with van der Waals surface area (Å²) in [5.74, 6) is 1.42. The number of thioether (sulfide) groups is 1. The molecule has 2 rings (SSSR count). The highest BCUT2D eigenvalue weighted by atomic mass is 79.9. The Morgan fingerprint density at radius 2 is 2.00 bits per heavy atom. The van der Waals surface area contributed by atoms with Gasteiger partial charge in [0.05, 0.1) is 12.0 Å². The van der Waals surface area contributed by atoms with Gasteiger partial charge in [0, 0.05) is 14.9 Å². The van der Waals surface area contributed by atoms with Crippen molar-refractivity contribution in [1.29, 1.82) is 0 Å². The standard InChI is InChI=1S/C13H11BrO2S/c1-9-13(6-7-16-9)17-8-12(15)10-2-4-11(14)5-3-10/h2-7H,8H2,1H3. The molecule has 1 aromatic heterocycles. The molecule has 2 aromatic rings. The Morgan fingerprint density at radius 3 is 2.59 bits per heavy atom. The smallest absolute Gasteiger partial charge is 0.173 e. The lowest BCUT2D eigenvalue weighted by Crippen LogP contribution is -2.01. The van der Waals surface area contributed by atoms with Gasteiger partial charge in [-0.15, -0.1) is 11.8 Å². The van der Waals surface area contributed by atoms with E-state index >= 15 is 0 Å². The second-order valence-electron chi connectivity index (χ2n) is 3.56. The zero-order chi connectivity index (χ0) is 12.3. The van der Waals surface area contributed by atoms with Crippen LogP contribution in [0.25, 0.3) is 0 Å². The molecule has 2 nitrogen and oxygen atoms in total. The predicted molar refractivity (Wildman–Crippen MR) is 72.6 cm³/mol. The molecule has 0 amide bonds. The maximum atomic E-state index is 11.9. The number of benzene rings is 1. The van der Waals surface area contributed by atoms with Crippen LogP contribution < -0.4 is 0 Å². The Bertz CT molecular complexity index is 516. The van der Waals surface area contributed by atoms with Crippen molar-refractivity contribution < 1.29 is 9.21 Å². The zero-order valence-electron chi connectivity index (χ0n) is 9.27. The predicted octanol–water partition coefficient (Wildman–Crippen LogP) is 4.33. The molecule has 0 saturated heterocycles. The molecule has 0 bridgehead atoms. The molecule has 0 atom stereocenters. The molecule has 4 heteroatoms. The summed E-state index contributed by atoms with van der Waals surface area (Å²) in [6.45, 7) is 1.90. The van der Waals surface area contributed by atoms with Crippen LogP contribution >= 0.6 is 27.7 Å². The molecule has 0 aliphatic carbocycles. The minimum atomic E-state index is 0.128. The van der Waals surface area contributed by atoms with Crippen LogP contribution in [0.5, 0.6) is 0 Å². The molecule has 0 saturated carbocycles. The molecule has 1 heterocycles. The van der Waals surface area contributed by atoms with Crippen LogP contribution in [-0.4, -0.2) is 11.5 Å². The molecule has 88 valence electrons. The maximum absolute atomic E-state index is 11.9. The summed E-state index contributed by atoms with van der Waals surface area (Å²) in [6, 6.07) is 9.29. The van der Waals surface area contributed by atoms with E-state index in [0.29, 0.717) is 5.75 Å². The van der Waals surface area contributed by atoms with E-state index in [0.717, 1.165) is 20.7 Å². The monoisotopic (exact) mass is 310 g/mol. The number of ketones is 1. The Balaban J connectivity index is 1.98. The fourth-order valence-corrected chi connectivity index (χ4v) is 2.51. The number of hydrogen-bond donors (Lipinski definition) is 0. The Labute approximate surface area is 113 Å². The number of carbonyl (C=O) groups excluding carboxylic acids is 1. The van der Waals surface area contributed by atoms with Crippen LogP contribution in [-0.2, 0) is 0 Å². The number of halogens is 1.